The van der Waals surface area contributed by atoms with Gasteiger partial charge in [-0.2, -0.15) is 0 Å². The van der Waals surface area contributed by atoms with Gasteiger partial charge in [0.25, 0.3) is 0 Å². The van der Waals surface area contributed by atoms with Gasteiger partial charge in [-0.05, 0) is 12.8 Å². The summed E-state index contributed by atoms with van der Waals surface area (Å²) >= 11 is 1.33. The predicted molar refractivity (Wildman–Crippen MR) is 58.1 cm³/mol. The fourth-order valence-electron chi connectivity index (χ4n) is 1.63. The van der Waals surface area contributed by atoms with Crippen LogP contribution in [0.5, 0.6) is 0 Å². The quantitative estimate of drug-likeness (QED) is 0.822. The van der Waals surface area contributed by atoms with Crippen molar-refractivity contribution < 1.29 is 9.90 Å². The maximum atomic E-state index is 10.8. The molecule has 1 fully saturated rings. The number of aromatic carboxylic acids is 1. The van der Waals surface area contributed by atoms with E-state index < -0.39 is 5.97 Å². The highest BCUT2D eigenvalue weighted by atomic mass is 32.1. The van der Waals surface area contributed by atoms with Crippen LogP contribution in [0.4, 0.5) is 5.00 Å². The number of anilines is 1. The number of hydrazine groups is 1. The van der Waals surface area contributed by atoms with Gasteiger partial charge in [-0.15, -0.1) is 11.3 Å². The molecule has 1 aromatic heterocycles. The fraction of sp³-hybridized carbons (Fsp3) is 0.556. The van der Waals surface area contributed by atoms with Gasteiger partial charge in [-0.25, -0.2) is 14.8 Å². The number of carbonyl (C=O) groups is 1. The second-order valence-electron chi connectivity index (χ2n) is 3.49. The first-order valence-electron chi connectivity index (χ1n) is 4.96. The highest BCUT2D eigenvalue weighted by Crippen LogP contribution is 2.22. The smallest absolute Gasteiger partial charge is 0.357 e. The lowest BCUT2D eigenvalue weighted by Crippen LogP contribution is -2.35. The van der Waals surface area contributed by atoms with E-state index in [2.05, 4.69) is 15.4 Å². The Hall–Kier alpha value is -1.14. The minimum absolute atomic E-state index is 0.116. The molecule has 0 amide bonds. The van der Waals surface area contributed by atoms with Crippen LogP contribution in [0, 0.1) is 0 Å². The Morgan fingerprint density at radius 1 is 1.47 bits per heavy atom. The lowest BCUT2D eigenvalue weighted by atomic mass is 10.2. The van der Waals surface area contributed by atoms with Crippen LogP contribution in [0.1, 0.15) is 29.8 Å². The molecule has 0 spiro atoms. The molecule has 0 aliphatic carbocycles. The summed E-state index contributed by atoms with van der Waals surface area (Å²) in [5, 5.41) is 11.6. The van der Waals surface area contributed by atoms with E-state index >= 15 is 0 Å². The van der Waals surface area contributed by atoms with Crippen molar-refractivity contribution in [2.45, 2.75) is 19.3 Å². The molecule has 0 radical (unpaired) electrons. The summed E-state index contributed by atoms with van der Waals surface area (Å²) in [5.41, 5.74) is 4.79. The second kappa shape index (κ2) is 4.59. The molecule has 82 valence electrons. The molecular weight excluding hydrogens is 214 g/mol. The van der Waals surface area contributed by atoms with Crippen LogP contribution in [-0.4, -0.2) is 34.2 Å². The summed E-state index contributed by atoms with van der Waals surface area (Å²) < 4.78 is 0. The zero-order valence-corrected chi connectivity index (χ0v) is 9.09. The molecule has 15 heavy (non-hydrogen) atoms. The van der Waals surface area contributed by atoms with Crippen molar-refractivity contribution in [2.24, 2.45) is 0 Å². The van der Waals surface area contributed by atoms with Gasteiger partial charge in [-0.3, -0.25) is 0 Å². The molecule has 0 saturated carbocycles. The van der Waals surface area contributed by atoms with Crippen molar-refractivity contribution in [3.8, 4) is 0 Å². The molecule has 1 aliphatic heterocycles. The van der Waals surface area contributed by atoms with Crippen molar-refractivity contribution in [1.29, 1.82) is 0 Å². The minimum atomic E-state index is -0.976. The number of nitrogens with zero attached hydrogens (tertiary/aromatic N) is 2. The van der Waals surface area contributed by atoms with Gasteiger partial charge in [0.2, 0.25) is 0 Å². The monoisotopic (exact) mass is 227 g/mol. The van der Waals surface area contributed by atoms with E-state index in [0.29, 0.717) is 5.00 Å². The summed E-state index contributed by atoms with van der Waals surface area (Å²) in [6.07, 6.45) is 3.58. The van der Waals surface area contributed by atoms with E-state index in [1.54, 1.807) is 5.51 Å². The third kappa shape index (κ3) is 2.45. The van der Waals surface area contributed by atoms with Crippen LogP contribution in [0.15, 0.2) is 5.51 Å². The first-order valence-corrected chi connectivity index (χ1v) is 5.84. The number of rotatable bonds is 3. The van der Waals surface area contributed by atoms with Crippen molar-refractivity contribution >= 4 is 22.3 Å². The molecule has 0 unspecified atom stereocenters. The molecule has 2 rings (SSSR count). The average Bonchev–Trinajstić information content (AvgIpc) is 2.67. The van der Waals surface area contributed by atoms with Gasteiger partial charge < -0.3 is 10.5 Å². The van der Waals surface area contributed by atoms with E-state index in [1.165, 1.54) is 17.8 Å². The standard InChI is InChI=1S/C9H13N3O2S/c13-9(14)7-8(15-6-10-7)11-12-4-2-1-3-5-12/h6,11H,1-5H2,(H,13,14). The van der Waals surface area contributed by atoms with Crippen molar-refractivity contribution in [3.05, 3.63) is 11.2 Å². The minimum Gasteiger partial charge on any atom is -0.476 e. The van der Waals surface area contributed by atoms with Crippen LogP contribution < -0.4 is 5.43 Å². The third-order valence-corrected chi connectivity index (χ3v) is 3.12. The molecule has 1 saturated heterocycles. The van der Waals surface area contributed by atoms with Gasteiger partial charge >= 0.3 is 5.97 Å². The van der Waals surface area contributed by atoms with E-state index in [9.17, 15) is 4.79 Å². The Labute approximate surface area is 91.7 Å². The number of hydrogen-bond acceptors (Lipinski definition) is 5. The summed E-state index contributed by atoms with van der Waals surface area (Å²) in [5.74, 6) is -0.976. The number of hydrogen-bond donors (Lipinski definition) is 2. The second-order valence-corrected chi connectivity index (χ2v) is 4.35. The van der Waals surface area contributed by atoms with Crippen LogP contribution in [-0.2, 0) is 0 Å². The van der Waals surface area contributed by atoms with Crippen LogP contribution >= 0.6 is 11.3 Å². The summed E-state index contributed by atoms with van der Waals surface area (Å²) in [7, 11) is 0. The molecule has 0 bridgehead atoms. The normalized spacial score (nSPS) is 17.6. The van der Waals surface area contributed by atoms with Gasteiger partial charge in [0, 0.05) is 13.1 Å². The largest absolute Gasteiger partial charge is 0.476 e. The van der Waals surface area contributed by atoms with Crippen LogP contribution in [0.25, 0.3) is 0 Å². The summed E-state index contributed by atoms with van der Waals surface area (Å²) in [6.45, 7) is 1.94. The summed E-state index contributed by atoms with van der Waals surface area (Å²) in [4.78, 5) is 14.6. The van der Waals surface area contributed by atoms with Crippen LogP contribution in [0.3, 0.4) is 0 Å². The molecule has 1 aliphatic rings. The molecular formula is C9H13N3O2S. The van der Waals surface area contributed by atoms with Crippen molar-refractivity contribution in [2.75, 3.05) is 18.5 Å². The lowest BCUT2D eigenvalue weighted by molar-refractivity contribution is 0.0692. The Morgan fingerprint density at radius 2 is 2.20 bits per heavy atom. The van der Waals surface area contributed by atoms with Gasteiger partial charge in [0.05, 0.1) is 5.51 Å². The predicted octanol–water partition coefficient (Wildman–Crippen LogP) is 1.65. The van der Waals surface area contributed by atoms with Crippen molar-refractivity contribution in [1.82, 2.24) is 9.99 Å². The molecule has 2 heterocycles. The van der Waals surface area contributed by atoms with E-state index in [4.69, 9.17) is 5.11 Å². The first kappa shape index (κ1) is 10.4. The average molecular weight is 227 g/mol. The maximum Gasteiger partial charge on any atom is 0.357 e. The molecule has 0 atom stereocenters. The fourth-order valence-corrected chi connectivity index (χ4v) is 2.32. The first-order chi connectivity index (χ1) is 7.27. The van der Waals surface area contributed by atoms with Gasteiger partial charge in [-0.1, -0.05) is 6.42 Å². The Balaban J connectivity index is 2.03. The lowest BCUT2D eigenvalue weighted by Gasteiger charge is -2.27. The van der Waals surface area contributed by atoms with E-state index in [-0.39, 0.29) is 5.69 Å². The van der Waals surface area contributed by atoms with Crippen molar-refractivity contribution in [3.63, 3.8) is 0 Å². The van der Waals surface area contributed by atoms with E-state index in [0.717, 1.165) is 25.9 Å². The molecule has 2 N–H and O–H groups in total. The zero-order valence-electron chi connectivity index (χ0n) is 8.27. The highest BCUT2D eigenvalue weighted by Gasteiger charge is 2.17. The Morgan fingerprint density at radius 3 is 2.87 bits per heavy atom. The van der Waals surface area contributed by atoms with Crippen LogP contribution in [0.2, 0.25) is 0 Å². The Bertz CT molecular complexity index is 347. The maximum absolute atomic E-state index is 10.8. The summed E-state index contributed by atoms with van der Waals surface area (Å²) in [6, 6.07) is 0. The third-order valence-electron chi connectivity index (χ3n) is 2.39. The molecule has 6 heteroatoms. The zero-order chi connectivity index (χ0) is 10.7. The van der Waals surface area contributed by atoms with Gasteiger partial charge in [0.1, 0.15) is 5.00 Å². The number of aromatic nitrogens is 1. The molecule has 1 aromatic rings. The number of piperidine rings is 1. The number of carboxylic acids is 1. The molecule has 0 aromatic carbocycles. The number of carboxylic acid groups (broad SMARTS) is 1. The van der Waals surface area contributed by atoms with E-state index in [1.807, 2.05) is 0 Å². The number of nitrogens with one attached hydrogen (secondary N) is 1. The Kier molecular flexibility index (Phi) is 3.17. The van der Waals surface area contributed by atoms with Gasteiger partial charge in [0.15, 0.2) is 5.69 Å². The topological polar surface area (TPSA) is 65.5 Å². The highest BCUT2D eigenvalue weighted by molar-refractivity contribution is 7.14. The number of thiazole rings is 1. The SMILES string of the molecule is O=C(O)c1ncsc1NN1CCCCC1. The molecule has 5 nitrogen and oxygen atoms in total.